The second-order valence-corrected chi connectivity index (χ2v) is 6.39. The van der Waals surface area contributed by atoms with Crippen molar-refractivity contribution in [2.24, 2.45) is 0 Å². The third kappa shape index (κ3) is 4.20. The molecule has 7 nitrogen and oxygen atoms in total. The van der Waals surface area contributed by atoms with E-state index < -0.39 is 0 Å². The Bertz CT molecular complexity index is 833. The van der Waals surface area contributed by atoms with Gasteiger partial charge in [0.2, 0.25) is 11.8 Å². The maximum Gasteiger partial charge on any atom is 0.277 e. The number of aryl methyl sites for hydroxylation is 1. The van der Waals surface area contributed by atoms with Crippen LogP contribution in [-0.2, 0) is 4.79 Å². The molecule has 0 unspecified atom stereocenters. The minimum Gasteiger partial charge on any atom is -0.411 e. The number of thioether (sulfide) groups is 1. The number of anilines is 1. The van der Waals surface area contributed by atoms with Gasteiger partial charge in [0, 0.05) is 16.1 Å². The van der Waals surface area contributed by atoms with Crippen LogP contribution in [0.25, 0.3) is 11.5 Å². The Kier molecular flexibility index (Phi) is 4.77. The van der Waals surface area contributed by atoms with Crippen molar-refractivity contribution in [2.45, 2.75) is 12.1 Å². The highest BCUT2D eigenvalue weighted by Crippen LogP contribution is 2.25. The number of hydrogen-bond donors (Lipinski definition) is 1. The number of rotatable bonds is 5. The second-order valence-electron chi connectivity index (χ2n) is 4.54. The number of nitrogens with one attached hydrogen (secondary N) is 1. The molecule has 23 heavy (non-hydrogen) atoms. The van der Waals surface area contributed by atoms with Crippen LogP contribution in [0.2, 0.25) is 0 Å². The molecule has 1 aromatic carbocycles. The van der Waals surface area contributed by atoms with Gasteiger partial charge in [-0.05, 0) is 25.1 Å². The summed E-state index contributed by atoms with van der Waals surface area (Å²) in [6.45, 7) is 1.75. The maximum absolute atomic E-state index is 11.8. The molecule has 0 atom stereocenters. The minimum absolute atomic E-state index is 0.131. The third-order valence-electron chi connectivity index (χ3n) is 2.70. The highest BCUT2D eigenvalue weighted by atomic mass is 79.9. The molecule has 0 fully saturated rings. The van der Waals surface area contributed by atoms with Crippen molar-refractivity contribution in [1.82, 2.24) is 15.4 Å². The van der Waals surface area contributed by atoms with Crippen molar-refractivity contribution in [1.29, 1.82) is 0 Å². The molecule has 0 saturated heterocycles. The van der Waals surface area contributed by atoms with E-state index in [4.69, 9.17) is 8.94 Å². The van der Waals surface area contributed by atoms with Crippen LogP contribution in [0.3, 0.4) is 0 Å². The van der Waals surface area contributed by atoms with E-state index in [1.165, 1.54) is 0 Å². The SMILES string of the molecule is Cc1cc(NC(=O)CSc2nnc(-c3cccc(Br)c3)o2)no1. The molecular weight excluding hydrogens is 384 g/mol. The van der Waals surface area contributed by atoms with Crippen LogP contribution in [0.5, 0.6) is 0 Å². The lowest BCUT2D eigenvalue weighted by Crippen LogP contribution is -2.14. The summed E-state index contributed by atoms with van der Waals surface area (Å²) in [4.78, 5) is 11.8. The summed E-state index contributed by atoms with van der Waals surface area (Å²) in [5.41, 5.74) is 0.807. The van der Waals surface area contributed by atoms with Crippen LogP contribution >= 0.6 is 27.7 Å². The molecule has 3 rings (SSSR count). The summed E-state index contributed by atoms with van der Waals surface area (Å²) in [6.07, 6.45) is 0. The summed E-state index contributed by atoms with van der Waals surface area (Å²) < 4.78 is 11.3. The van der Waals surface area contributed by atoms with E-state index in [1.807, 2.05) is 24.3 Å². The predicted octanol–water partition coefficient (Wildman–Crippen LogP) is 3.53. The summed E-state index contributed by atoms with van der Waals surface area (Å²) in [7, 11) is 0. The molecule has 1 amide bonds. The predicted molar refractivity (Wildman–Crippen MR) is 88.0 cm³/mol. The molecule has 0 spiro atoms. The minimum atomic E-state index is -0.231. The monoisotopic (exact) mass is 394 g/mol. The number of aromatic nitrogens is 3. The van der Waals surface area contributed by atoms with Gasteiger partial charge in [-0.15, -0.1) is 10.2 Å². The Hall–Kier alpha value is -2.13. The molecule has 0 saturated carbocycles. The number of hydrogen-bond acceptors (Lipinski definition) is 7. The number of amides is 1. The molecule has 2 aromatic heterocycles. The van der Waals surface area contributed by atoms with E-state index in [0.29, 0.717) is 22.7 Å². The van der Waals surface area contributed by atoms with Gasteiger partial charge in [0.1, 0.15) is 5.76 Å². The zero-order valence-electron chi connectivity index (χ0n) is 11.9. The fourth-order valence-corrected chi connectivity index (χ4v) is 2.70. The quantitative estimate of drug-likeness (QED) is 0.661. The zero-order valence-corrected chi connectivity index (χ0v) is 14.3. The highest BCUT2D eigenvalue weighted by molar-refractivity contribution is 9.10. The molecule has 0 radical (unpaired) electrons. The topological polar surface area (TPSA) is 94.1 Å². The Morgan fingerprint density at radius 2 is 2.22 bits per heavy atom. The normalized spacial score (nSPS) is 10.7. The van der Waals surface area contributed by atoms with Crippen LogP contribution in [-0.4, -0.2) is 27.0 Å². The van der Waals surface area contributed by atoms with Crippen molar-refractivity contribution in [3.8, 4) is 11.5 Å². The molecule has 1 N–H and O–H groups in total. The fourth-order valence-electron chi connectivity index (χ4n) is 1.74. The van der Waals surface area contributed by atoms with Crippen molar-refractivity contribution in [3.05, 3.63) is 40.6 Å². The van der Waals surface area contributed by atoms with Crippen LogP contribution in [0.1, 0.15) is 5.76 Å². The first-order valence-corrected chi connectivity index (χ1v) is 8.33. The van der Waals surface area contributed by atoms with Crippen molar-refractivity contribution in [2.75, 3.05) is 11.1 Å². The first-order valence-electron chi connectivity index (χ1n) is 6.55. The summed E-state index contributed by atoms with van der Waals surface area (Å²) in [5, 5.41) is 14.5. The number of nitrogens with zero attached hydrogens (tertiary/aromatic N) is 3. The first kappa shape index (κ1) is 15.8. The summed E-state index contributed by atoms with van der Waals surface area (Å²) in [6, 6.07) is 9.17. The highest BCUT2D eigenvalue weighted by Gasteiger charge is 2.12. The molecule has 9 heteroatoms. The van der Waals surface area contributed by atoms with Crippen molar-refractivity contribution in [3.63, 3.8) is 0 Å². The number of benzene rings is 1. The Morgan fingerprint density at radius 1 is 1.35 bits per heavy atom. The van der Waals surface area contributed by atoms with Gasteiger partial charge in [-0.25, -0.2) is 0 Å². The third-order valence-corrected chi connectivity index (χ3v) is 4.01. The standard InChI is InChI=1S/C14H11BrN4O3S/c1-8-5-11(19-22-8)16-12(20)7-23-14-18-17-13(21-14)9-3-2-4-10(15)6-9/h2-6H,7H2,1H3,(H,16,19,20). The van der Waals surface area contributed by atoms with Gasteiger partial charge in [0.15, 0.2) is 5.82 Å². The van der Waals surface area contributed by atoms with Crippen LogP contribution in [0.4, 0.5) is 5.82 Å². The van der Waals surface area contributed by atoms with Gasteiger partial charge in [-0.2, -0.15) is 0 Å². The van der Waals surface area contributed by atoms with Gasteiger partial charge in [-0.1, -0.05) is 38.9 Å². The molecular formula is C14H11BrN4O3S. The smallest absolute Gasteiger partial charge is 0.277 e. The molecule has 0 aliphatic heterocycles. The lowest BCUT2D eigenvalue weighted by Gasteiger charge is -1.98. The van der Waals surface area contributed by atoms with Crippen LogP contribution in [0.15, 0.2) is 49.0 Å². The Labute approximate surface area is 144 Å². The van der Waals surface area contributed by atoms with Gasteiger partial charge in [0.05, 0.1) is 5.75 Å². The zero-order chi connectivity index (χ0) is 16.2. The van der Waals surface area contributed by atoms with Gasteiger partial charge >= 0.3 is 0 Å². The average molecular weight is 395 g/mol. The van der Waals surface area contributed by atoms with E-state index in [-0.39, 0.29) is 11.7 Å². The molecule has 0 aliphatic rings. The fraction of sp³-hybridized carbons (Fsp3) is 0.143. The number of carbonyl (C=O) groups excluding carboxylic acids is 1. The number of carbonyl (C=O) groups is 1. The van der Waals surface area contributed by atoms with Gasteiger partial charge in [0.25, 0.3) is 5.22 Å². The molecule has 3 aromatic rings. The van der Waals surface area contributed by atoms with Crippen LogP contribution < -0.4 is 5.32 Å². The molecule has 118 valence electrons. The van der Waals surface area contributed by atoms with E-state index in [2.05, 4.69) is 36.6 Å². The van der Waals surface area contributed by atoms with Crippen molar-refractivity contribution >= 4 is 39.4 Å². The summed E-state index contributed by atoms with van der Waals surface area (Å²) in [5.74, 6) is 1.32. The van der Waals surface area contributed by atoms with Gasteiger partial charge in [-0.3, -0.25) is 4.79 Å². The van der Waals surface area contributed by atoms with E-state index in [9.17, 15) is 4.79 Å². The van der Waals surface area contributed by atoms with Crippen LogP contribution in [0, 0.1) is 6.92 Å². The molecule has 2 heterocycles. The van der Waals surface area contributed by atoms with E-state index in [0.717, 1.165) is 21.8 Å². The lowest BCUT2D eigenvalue weighted by atomic mass is 10.2. The van der Waals surface area contributed by atoms with E-state index >= 15 is 0 Å². The number of halogens is 1. The maximum atomic E-state index is 11.8. The average Bonchev–Trinajstić information content (AvgIpc) is 3.14. The first-order chi connectivity index (χ1) is 11.1. The summed E-state index contributed by atoms with van der Waals surface area (Å²) >= 11 is 4.54. The second kappa shape index (κ2) is 6.97. The lowest BCUT2D eigenvalue weighted by molar-refractivity contribution is -0.113. The van der Waals surface area contributed by atoms with Gasteiger partial charge < -0.3 is 14.3 Å². The molecule has 0 aliphatic carbocycles. The van der Waals surface area contributed by atoms with E-state index in [1.54, 1.807) is 13.0 Å². The largest absolute Gasteiger partial charge is 0.411 e. The molecule has 0 bridgehead atoms. The van der Waals surface area contributed by atoms with Crippen molar-refractivity contribution < 1.29 is 13.7 Å². The Balaban J connectivity index is 1.58. The Morgan fingerprint density at radius 3 is 2.96 bits per heavy atom.